The van der Waals surface area contributed by atoms with Gasteiger partial charge in [-0.15, -0.1) is 5.10 Å². The summed E-state index contributed by atoms with van der Waals surface area (Å²) in [4.78, 5) is 25.4. The highest BCUT2D eigenvalue weighted by Crippen LogP contribution is 2.33. The van der Waals surface area contributed by atoms with E-state index >= 15 is 0 Å². The Kier molecular flexibility index (Phi) is 6.21. The first-order chi connectivity index (χ1) is 15.1. The standard InChI is InChI=1S/C22H24N6O3/c29-20(23-21-24-26-27-25-21)18-8-6-15(7-9-18)14-28(22(30)31)19-12-10-17(11-13-19)16-4-2-1-3-5-16/h6-13,16H,1-5,14H2,(H,30,31)(H2,23,24,25,26,27,29). The van der Waals surface area contributed by atoms with Crippen LogP contribution in [0, 0.1) is 0 Å². The molecule has 2 amide bonds. The van der Waals surface area contributed by atoms with Crippen LogP contribution in [0.5, 0.6) is 0 Å². The molecule has 3 aromatic rings. The van der Waals surface area contributed by atoms with Crippen LogP contribution in [-0.2, 0) is 6.54 Å². The van der Waals surface area contributed by atoms with Gasteiger partial charge in [0.25, 0.3) is 11.9 Å². The minimum absolute atomic E-state index is 0.0859. The van der Waals surface area contributed by atoms with Crippen molar-refractivity contribution in [2.45, 2.75) is 44.6 Å². The third kappa shape index (κ3) is 5.06. The van der Waals surface area contributed by atoms with Crippen molar-refractivity contribution in [3.05, 3.63) is 65.2 Å². The Bertz CT molecular complexity index is 1010. The fourth-order valence-corrected chi connectivity index (χ4v) is 3.96. The van der Waals surface area contributed by atoms with Crippen LogP contribution in [0.3, 0.4) is 0 Å². The van der Waals surface area contributed by atoms with Gasteiger partial charge in [0.15, 0.2) is 0 Å². The lowest BCUT2D eigenvalue weighted by molar-refractivity contribution is 0.102. The maximum Gasteiger partial charge on any atom is 0.412 e. The SMILES string of the molecule is O=C(Nc1nn[nH]n1)c1ccc(CN(C(=O)O)c2ccc(C3CCCCC3)cc2)cc1. The molecule has 0 bridgehead atoms. The van der Waals surface area contributed by atoms with Gasteiger partial charge in [-0.05, 0) is 59.4 Å². The van der Waals surface area contributed by atoms with E-state index in [0.29, 0.717) is 17.2 Å². The number of hydrogen-bond donors (Lipinski definition) is 3. The van der Waals surface area contributed by atoms with Crippen LogP contribution in [0.1, 0.15) is 59.5 Å². The van der Waals surface area contributed by atoms with Gasteiger partial charge >= 0.3 is 6.09 Å². The molecule has 4 rings (SSSR count). The normalized spacial score (nSPS) is 14.2. The van der Waals surface area contributed by atoms with Crippen molar-refractivity contribution in [3.63, 3.8) is 0 Å². The lowest BCUT2D eigenvalue weighted by atomic mass is 9.84. The first-order valence-corrected chi connectivity index (χ1v) is 10.3. The van der Waals surface area contributed by atoms with Crippen molar-refractivity contribution in [3.8, 4) is 0 Å². The molecule has 0 spiro atoms. The minimum atomic E-state index is -1.02. The van der Waals surface area contributed by atoms with Crippen LogP contribution in [-0.4, -0.2) is 37.7 Å². The second-order valence-corrected chi connectivity index (χ2v) is 7.68. The number of nitrogens with one attached hydrogen (secondary N) is 2. The second kappa shape index (κ2) is 9.38. The number of aromatic nitrogens is 4. The topological polar surface area (TPSA) is 124 Å². The summed E-state index contributed by atoms with van der Waals surface area (Å²) < 4.78 is 0. The van der Waals surface area contributed by atoms with Crippen molar-refractivity contribution >= 4 is 23.6 Å². The molecule has 1 heterocycles. The zero-order valence-electron chi connectivity index (χ0n) is 17.0. The van der Waals surface area contributed by atoms with E-state index < -0.39 is 6.09 Å². The lowest BCUT2D eigenvalue weighted by Crippen LogP contribution is -2.28. The molecule has 9 nitrogen and oxygen atoms in total. The van der Waals surface area contributed by atoms with Crippen molar-refractivity contribution in [1.29, 1.82) is 0 Å². The molecule has 3 N–H and O–H groups in total. The number of carbonyl (C=O) groups is 2. The smallest absolute Gasteiger partial charge is 0.412 e. The number of carboxylic acid groups (broad SMARTS) is 1. The summed E-state index contributed by atoms with van der Waals surface area (Å²) in [7, 11) is 0. The third-order valence-electron chi connectivity index (χ3n) is 5.64. The van der Waals surface area contributed by atoms with Crippen LogP contribution >= 0.6 is 0 Å². The van der Waals surface area contributed by atoms with E-state index in [4.69, 9.17) is 0 Å². The summed E-state index contributed by atoms with van der Waals surface area (Å²) in [5.74, 6) is 0.288. The molecule has 0 radical (unpaired) electrons. The molecule has 9 heteroatoms. The number of benzene rings is 2. The third-order valence-corrected chi connectivity index (χ3v) is 5.64. The van der Waals surface area contributed by atoms with E-state index in [1.54, 1.807) is 24.3 Å². The van der Waals surface area contributed by atoms with Crippen molar-refractivity contribution in [2.75, 3.05) is 10.2 Å². The van der Waals surface area contributed by atoms with Crippen LogP contribution < -0.4 is 10.2 Å². The van der Waals surface area contributed by atoms with Gasteiger partial charge in [-0.25, -0.2) is 4.79 Å². The maximum atomic E-state index is 12.2. The van der Waals surface area contributed by atoms with Gasteiger partial charge in [0.2, 0.25) is 0 Å². The van der Waals surface area contributed by atoms with Gasteiger partial charge in [-0.1, -0.05) is 48.6 Å². The molecule has 2 aromatic carbocycles. The highest BCUT2D eigenvalue weighted by atomic mass is 16.4. The van der Waals surface area contributed by atoms with Crippen molar-refractivity contribution in [1.82, 2.24) is 20.6 Å². The van der Waals surface area contributed by atoms with Gasteiger partial charge in [0.05, 0.1) is 6.54 Å². The Hall–Kier alpha value is -3.75. The first kappa shape index (κ1) is 20.5. The molecular formula is C22H24N6O3. The predicted octanol–water partition coefficient (Wildman–Crippen LogP) is 4.18. The van der Waals surface area contributed by atoms with Gasteiger partial charge in [-0.3, -0.25) is 15.0 Å². The monoisotopic (exact) mass is 420 g/mol. The van der Waals surface area contributed by atoms with Gasteiger partial charge in [-0.2, -0.15) is 5.21 Å². The fourth-order valence-electron chi connectivity index (χ4n) is 3.96. The fraction of sp³-hybridized carbons (Fsp3) is 0.318. The average molecular weight is 420 g/mol. The minimum Gasteiger partial charge on any atom is -0.465 e. The van der Waals surface area contributed by atoms with E-state index in [2.05, 4.69) is 25.9 Å². The molecule has 160 valence electrons. The number of tetrazole rings is 1. The average Bonchev–Trinajstić information content (AvgIpc) is 3.31. The highest BCUT2D eigenvalue weighted by Gasteiger charge is 2.18. The van der Waals surface area contributed by atoms with Crippen LogP contribution in [0.2, 0.25) is 0 Å². The molecule has 1 aliphatic rings. The Morgan fingerprint density at radius 1 is 1.03 bits per heavy atom. The highest BCUT2D eigenvalue weighted by molar-refractivity contribution is 6.03. The number of hydrogen-bond acceptors (Lipinski definition) is 5. The quantitative estimate of drug-likeness (QED) is 0.549. The number of nitrogens with zero attached hydrogens (tertiary/aromatic N) is 4. The number of carbonyl (C=O) groups excluding carboxylic acids is 1. The molecule has 1 aliphatic carbocycles. The summed E-state index contributed by atoms with van der Waals surface area (Å²) >= 11 is 0. The van der Waals surface area contributed by atoms with Crippen LogP contribution in [0.25, 0.3) is 0 Å². The summed E-state index contributed by atoms with van der Waals surface area (Å²) in [6.07, 6.45) is 5.21. The maximum absolute atomic E-state index is 12.2. The lowest BCUT2D eigenvalue weighted by Gasteiger charge is -2.24. The van der Waals surface area contributed by atoms with E-state index in [0.717, 1.165) is 5.56 Å². The van der Waals surface area contributed by atoms with Gasteiger partial charge in [0.1, 0.15) is 0 Å². The largest absolute Gasteiger partial charge is 0.465 e. The molecule has 0 saturated heterocycles. The molecule has 1 aromatic heterocycles. The van der Waals surface area contributed by atoms with Gasteiger partial charge in [0, 0.05) is 11.3 Å². The number of amides is 2. The van der Waals surface area contributed by atoms with E-state index in [1.807, 2.05) is 24.3 Å². The van der Waals surface area contributed by atoms with E-state index in [-0.39, 0.29) is 18.4 Å². The van der Waals surface area contributed by atoms with Crippen molar-refractivity contribution in [2.24, 2.45) is 0 Å². The number of aromatic amines is 1. The van der Waals surface area contributed by atoms with Crippen molar-refractivity contribution < 1.29 is 14.7 Å². The Balaban J connectivity index is 1.43. The molecule has 1 saturated carbocycles. The molecule has 0 aliphatic heterocycles. The molecule has 1 fully saturated rings. The van der Waals surface area contributed by atoms with E-state index in [1.165, 1.54) is 42.6 Å². The zero-order chi connectivity index (χ0) is 21.6. The molecule has 0 atom stereocenters. The summed E-state index contributed by atoms with van der Waals surface area (Å²) in [5, 5.41) is 25.2. The van der Waals surface area contributed by atoms with Crippen LogP contribution in [0.4, 0.5) is 16.4 Å². The Morgan fingerprint density at radius 3 is 2.35 bits per heavy atom. The summed E-state index contributed by atoms with van der Waals surface area (Å²) in [6.45, 7) is 0.185. The summed E-state index contributed by atoms with van der Waals surface area (Å²) in [5.41, 5.74) is 3.10. The first-order valence-electron chi connectivity index (χ1n) is 10.3. The van der Waals surface area contributed by atoms with Gasteiger partial charge < -0.3 is 5.11 Å². The Labute approximate surface area is 179 Å². The Morgan fingerprint density at radius 2 is 1.74 bits per heavy atom. The zero-order valence-corrected chi connectivity index (χ0v) is 17.0. The molecule has 31 heavy (non-hydrogen) atoms. The second-order valence-electron chi connectivity index (χ2n) is 7.68. The van der Waals surface area contributed by atoms with Crippen LogP contribution in [0.15, 0.2) is 48.5 Å². The molecule has 0 unspecified atom stereocenters. The van der Waals surface area contributed by atoms with E-state index in [9.17, 15) is 14.7 Å². The number of H-pyrrole nitrogens is 1. The number of rotatable bonds is 6. The molecular weight excluding hydrogens is 396 g/mol. The summed E-state index contributed by atoms with van der Waals surface area (Å²) in [6, 6.07) is 14.6. The predicted molar refractivity (Wildman–Crippen MR) is 115 cm³/mol. The number of anilines is 2.